The molecule has 0 fully saturated rings. The van der Waals surface area contributed by atoms with Crippen LogP contribution >= 0.6 is 0 Å². The zero-order chi connectivity index (χ0) is 16.7. The minimum Gasteiger partial charge on any atom is -0.507 e. The van der Waals surface area contributed by atoms with Gasteiger partial charge < -0.3 is 10.2 Å². The van der Waals surface area contributed by atoms with Gasteiger partial charge in [-0.3, -0.25) is 0 Å². The third-order valence-corrected chi connectivity index (χ3v) is 4.96. The normalized spacial score (nSPS) is 25.0. The molecule has 0 spiro atoms. The quantitative estimate of drug-likeness (QED) is 0.857. The van der Waals surface area contributed by atoms with Gasteiger partial charge in [0.1, 0.15) is 5.75 Å². The van der Waals surface area contributed by atoms with E-state index in [9.17, 15) is 10.2 Å². The van der Waals surface area contributed by atoms with E-state index in [2.05, 4.69) is 39.8 Å². The third-order valence-electron chi connectivity index (χ3n) is 4.96. The Bertz CT molecular complexity index is 623. The summed E-state index contributed by atoms with van der Waals surface area (Å²) in [5, 5.41) is 21.8. The van der Waals surface area contributed by atoms with Gasteiger partial charge in [0.05, 0.1) is 6.10 Å². The number of aryl methyl sites for hydroxylation is 1. The summed E-state index contributed by atoms with van der Waals surface area (Å²) in [4.78, 5) is 0. The number of hydrogen-bond acceptors (Lipinski definition) is 2. The molecule has 1 aliphatic carbocycles. The van der Waals surface area contributed by atoms with E-state index in [0.29, 0.717) is 5.75 Å². The average molecular weight is 300 g/mol. The Balaban J connectivity index is 2.76. The molecule has 0 aliphatic heterocycles. The summed E-state index contributed by atoms with van der Waals surface area (Å²) in [5.41, 5.74) is 3.29. The number of rotatable bonds is 3. The number of allylic oxidation sites excluding steroid dienone is 2. The van der Waals surface area contributed by atoms with E-state index in [-0.39, 0.29) is 11.8 Å². The Morgan fingerprint density at radius 1 is 1.09 bits per heavy atom. The zero-order valence-electron chi connectivity index (χ0n) is 14.5. The standard InChI is InChI=1S/C20H28O2/c1-12(2)16-8-7-15(6)18(19(16)22)20(13(3)4)10-9-14(5)11-17(20)21/h7-13,17,21-22H,1-6H3. The van der Waals surface area contributed by atoms with Gasteiger partial charge in [-0.1, -0.05) is 63.6 Å². The van der Waals surface area contributed by atoms with Gasteiger partial charge >= 0.3 is 0 Å². The molecular formula is C20H28O2. The second kappa shape index (κ2) is 5.92. The van der Waals surface area contributed by atoms with Crippen LogP contribution in [0, 0.1) is 12.8 Å². The summed E-state index contributed by atoms with van der Waals surface area (Å²) in [7, 11) is 0. The summed E-state index contributed by atoms with van der Waals surface area (Å²) < 4.78 is 0. The van der Waals surface area contributed by atoms with Crippen molar-refractivity contribution in [2.45, 2.75) is 59.0 Å². The first-order valence-corrected chi connectivity index (χ1v) is 8.10. The summed E-state index contributed by atoms with van der Waals surface area (Å²) in [6.45, 7) is 12.4. The van der Waals surface area contributed by atoms with Crippen LogP contribution in [0.4, 0.5) is 0 Å². The molecule has 2 atom stereocenters. The Morgan fingerprint density at radius 3 is 2.23 bits per heavy atom. The minimum absolute atomic E-state index is 0.162. The lowest BCUT2D eigenvalue weighted by Crippen LogP contribution is -2.43. The highest BCUT2D eigenvalue weighted by molar-refractivity contribution is 5.55. The maximum Gasteiger partial charge on any atom is 0.123 e. The van der Waals surface area contributed by atoms with E-state index in [1.165, 1.54) is 0 Å². The van der Waals surface area contributed by atoms with Gasteiger partial charge in [0, 0.05) is 11.0 Å². The molecule has 2 heteroatoms. The predicted octanol–water partition coefficient (Wildman–Crippen LogP) is 4.59. The van der Waals surface area contributed by atoms with E-state index in [0.717, 1.165) is 22.3 Å². The molecule has 1 aromatic rings. The van der Waals surface area contributed by atoms with Gasteiger partial charge in [0.2, 0.25) is 0 Å². The monoisotopic (exact) mass is 300 g/mol. The molecule has 0 aromatic heterocycles. The Kier molecular flexibility index (Phi) is 4.53. The smallest absolute Gasteiger partial charge is 0.123 e. The highest BCUT2D eigenvalue weighted by Gasteiger charge is 2.44. The van der Waals surface area contributed by atoms with Crippen molar-refractivity contribution in [2.24, 2.45) is 5.92 Å². The second-order valence-corrected chi connectivity index (χ2v) is 7.13. The lowest BCUT2D eigenvalue weighted by molar-refractivity contribution is 0.115. The summed E-state index contributed by atoms with van der Waals surface area (Å²) in [5.74, 6) is 0.737. The molecule has 0 amide bonds. The van der Waals surface area contributed by atoms with Gasteiger partial charge in [-0.05, 0) is 36.8 Å². The van der Waals surface area contributed by atoms with E-state index < -0.39 is 11.5 Å². The third kappa shape index (κ3) is 2.50. The molecule has 1 aliphatic rings. The second-order valence-electron chi connectivity index (χ2n) is 7.13. The zero-order valence-corrected chi connectivity index (χ0v) is 14.5. The van der Waals surface area contributed by atoms with Crippen LogP contribution in [0.2, 0.25) is 0 Å². The number of aliphatic hydroxyl groups excluding tert-OH is 1. The number of phenols is 1. The Hall–Kier alpha value is -1.54. The molecule has 2 rings (SSSR count). The van der Waals surface area contributed by atoms with Crippen LogP contribution < -0.4 is 0 Å². The van der Waals surface area contributed by atoms with Crippen LogP contribution in [0.1, 0.15) is 57.2 Å². The summed E-state index contributed by atoms with van der Waals surface area (Å²) in [6, 6.07) is 4.05. The Labute approximate surface area is 134 Å². The molecular weight excluding hydrogens is 272 g/mol. The van der Waals surface area contributed by atoms with Crippen molar-refractivity contribution in [3.8, 4) is 5.75 Å². The number of benzene rings is 1. The number of aromatic hydroxyl groups is 1. The maximum atomic E-state index is 10.9. The molecule has 22 heavy (non-hydrogen) atoms. The van der Waals surface area contributed by atoms with Crippen LogP contribution in [-0.4, -0.2) is 16.3 Å². The van der Waals surface area contributed by atoms with Crippen molar-refractivity contribution in [3.05, 3.63) is 52.6 Å². The lowest BCUT2D eigenvalue weighted by atomic mass is 9.63. The van der Waals surface area contributed by atoms with E-state index in [4.69, 9.17) is 0 Å². The molecule has 1 aromatic carbocycles. The largest absolute Gasteiger partial charge is 0.507 e. The van der Waals surface area contributed by atoms with Gasteiger partial charge in [-0.2, -0.15) is 0 Å². The van der Waals surface area contributed by atoms with Gasteiger partial charge in [-0.15, -0.1) is 0 Å². The lowest BCUT2D eigenvalue weighted by Gasteiger charge is -2.42. The molecule has 0 saturated carbocycles. The van der Waals surface area contributed by atoms with Crippen molar-refractivity contribution in [1.29, 1.82) is 0 Å². The van der Waals surface area contributed by atoms with E-state index >= 15 is 0 Å². The molecule has 0 bridgehead atoms. The van der Waals surface area contributed by atoms with E-state index in [1.54, 1.807) is 0 Å². The number of aliphatic hydroxyl groups is 1. The van der Waals surface area contributed by atoms with Gasteiger partial charge in [0.25, 0.3) is 0 Å². The number of hydrogen-bond donors (Lipinski definition) is 2. The fraction of sp³-hybridized carbons (Fsp3) is 0.500. The van der Waals surface area contributed by atoms with Crippen LogP contribution in [-0.2, 0) is 5.41 Å². The molecule has 0 radical (unpaired) electrons. The fourth-order valence-corrected chi connectivity index (χ4v) is 3.58. The first-order chi connectivity index (χ1) is 10.2. The highest BCUT2D eigenvalue weighted by Crippen LogP contribution is 2.47. The molecule has 2 N–H and O–H groups in total. The van der Waals surface area contributed by atoms with Crippen molar-refractivity contribution in [3.63, 3.8) is 0 Å². The topological polar surface area (TPSA) is 40.5 Å². The highest BCUT2D eigenvalue weighted by atomic mass is 16.3. The van der Waals surface area contributed by atoms with Gasteiger partial charge in [0.15, 0.2) is 0 Å². The molecule has 2 unspecified atom stereocenters. The number of phenolic OH excluding ortho intramolecular Hbond substituents is 1. The first kappa shape index (κ1) is 16.8. The first-order valence-electron chi connectivity index (χ1n) is 8.10. The maximum absolute atomic E-state index is 10.9. The van der Waals surface area contributed by atoms with Crippen LogP contribution in [0.5, 0.6) is 5.75 Å². The fourth-order valence-electron chi connectivity index (χ4n) is 3.58. The predicted molar refractivity (Wildman–Crippen MR) is 92.4 cm³/mol. The SMILES string of the molecule is CC1=CC(O)C(c2c(C)ccc(C(C)C)c2O)(C(C)C)C=C1. The average Bonchev–Trinajstić information content (AvgIpc) is 2.40. The summed E-state index contributed by atoms with van der Waals surface area (Å²) in [6.07, 6.45) is 5.38. The molecule has 120 valence electrons. The van der Waals surface area contributed by atoms with Gasteiger partial charge in [-0.25, -0.2) is 0 Å². The van der Waals surface area contributed by atoms with Crippen LogP contribution in [0.15, 0.2) is 35.9 Å². The van der Waals surface area contributed by atoms with E-state index in [1.807, 2.05) is 32.1 Å². The van der Waals surface area contributed by atoms with Crippen molar-refractivity contribution >= 4 is 0 Å². The minimum atomic E-state index is -0.635. The van der Waals surface area contributed by atoms with Crippen molar-refractivity contribution in [1.82, 2.24) is 0 Å². The molecule has 2 nitrogen and oxygen atoms in total. The van der Waals surface area contributed by atoms with Crippen LogP contribution in [0.3, 0.4) is 0 Å². The van der Waals surface area contributed by atoms with Crippen LogP contribution in [0.25, 0.3) is 0 Å². The Morgan fingerprint density at radius 2 is 1.73 bits per heavy atom. The van der Waals surface area contributed by atoms with Crippen molar-refractivity contribution in [2.75, 3.05) is 0 Å². The summed E-state index contributed by atoms with van der Waals surface area (Å²) >= 11 is 0. The molecule has 0 heterocycles. The molecule has 0 saturated heterocycles. The van der Waals surface area contributed by atoms with Crippen molar-refractivity contribution < 1.29 is 10.2 Å².